The van der Waals surface area contributed by atoms with E-state index in [1.165, 1.54) is 0 Å². The zero-order chi connectivity index (χ0) is 24.9. The zero-order valence-electron chi connectivity index (χ0n) is 21.6. The van der Waals surface area contributed by atoms with Crippen molar-refractivity contribution in [2.24, 2.45) is 22.7 Å². The Morgan fingerprint density at radius 3 is 1.24 bits per heavy atom. The fraction of sp³-hybridized carbons (Fsp3) is 0.667. The minimum atomic E-state index is -0.985. The zero-order valence-corrected chi connectivity index (χ0v) is 21.6. The minimum Gasteiger partial charge on any atom is -0.299 e. The van der Waals surface area contributed by atoms with Crippen LogP contribution in [0.25, 0.3) is 0 Å². The molecule has 4 heteroatoms. The highest BCUT2D eigenvalue weighted by Gasteiger charge is 2.49. The first-order valence-corrected chi connectivity index (χ1v) is 13.3. The van der Waals surface area contributed by atoms with Crippen molar-refractivity contribution < 1.29 is 19.2 Å². The molecule has 0 spiro atoms. The number of carbonyl (C=O) groups excluding carboxylic acids is 4. The van der Waals surface area contributed by atoms with E-state index in [4.69, 9.17) is 0 Å². The molecule has 0 aromatic heterocycles. The van der Waals surface area contributed by atoms with Crippen molar-refractivity contribution in [2.45, 2.75) is 105 Å². The molecule has 2 saturated carbocycles. The Balaban J connectivity index is 1.96. The van der Waals surface area contributed by atoms with Crippen molar-refractivity contribution in [3.05, 3.63) is 35.4 Å². The van der Waals surface area contributed by atoms with E-state index >= 15 is 0 Å². The average molecular weight is 467 g/mol. The molecule has 3 rings (SSSR count). The molecule has 2 fully saturated rings. The maximum Gasteiger partial charge on any atom is 0.143 e. The summed E-state index contributed by atoms with van der Waals surface area (Å²) in [7, 11) is 0. The molecule has 1 aromatic carbocycles. The smallest absolute Gasteiger partial charge is 0.143 e. The molecule has 0 N–H and O–H groups in total. The van der Waals surface area contributed by atoms with Gasteiger partial charge in [0.2, 0.25) is 0 Å². The summed E-state index contributed by atoms with van der Waals surface area (Å²) in [6, 6.07) is 7.95. The van der Waals surface area contributed by atoms with Gasteiger partial charge in [-0.1, -0.05) is 62.8 Å². The Morgan fingerprint density at radius 1 is 0.618 bits per heavy atom. The summed E-state index contributed by atoms with van der Waals surface area (Å²) in [5.41, 5.74) is -0.0855. The van der Waals surface area contributed by atoms with Gasteiger partial charge in [-0.05, 0) is 89.2 Å². The van der Waals surface area contributed by atoms with Gasteiger partial charge in [0.05, 0.1) is 10.8 Å². The molecule has 1 aromatic rings. The maximum absolute atomic E-state index is 13.0. The fourth-order valence-electron chi connectivity index (χ4n) is 7.12. The molecule has 0 amide bonds. The SMILES string of the molecule is CC(=O)C(Cc1cccc(CC(C(C)=O)(C(C)=O)C2CCCCC2)c1)(C(C)=O)C1CCCCC1. The number of hydrogen-bond acceptors (Lipinski definition) is 4. The number of benzene rings is 1. The molecule has 0 atom stereocenters. The van der Waals surface area contributed by atoms with E-state index in [0.29, 0.717) is 12.8 Å². The van der Waals surface area contributed by atoms with Gasteiger partial charge in [-0.3, -0.25) is 19.2 Å². The van der Waals surface area contributed by atoms with E-state index in [0.717, 1.165) is 75.3 Å². The van der Waals surface area contributed by atoms with Crippen LogP contribution in [-0.4, -0.2) is 23.1 Å². The topological polar surface area (TPSA) is 68.3 Å². The molecular formula is C30H42O4. The molecule has 0 bridgehead atoms. The monoisotopic (exact) mass is 466 g/mol. The van der Waals surface area contributed by atoms with Crippen molar-refractivity contribution in [3.63, 3.8) is 0 Å². The highest BCUT2D eigenvalue weighted by molar-refractivity contribution is 6.06. The summed E-state index contributed by atoms with van der Waals surface area (Å²) in [5, 5.41) is 0. The van der Waals surface area contributed by atoms with Crippen LogP contribution in [0.2, 0.25) is 0 Å². The number of carbonyl (C=O) groups is 4. The third-order valence-electron chi connectivity index (χ3n) is 9.07. The largest absolute Gasteiger partial charge is 0.299 e. The van der Waals surface area contributed by atoms with Crippen LogP contribution in [0.15, 0.2) is 24.3 Å². The number of ketones is 4. The second-order valence-corrected chi connectivity index (χ2v) is 11.0. The van der Waals surface area contributed by atoms with E-state index in [-0.39, 0.29) is 35.0 Å². The number of rotatable bonds is 10. The summed E-state index contributed by atoms with van der Waals surface area (Å²) < 4.78 is 0. The number of hydrogen-bond donors (Lipinski definition) is 0. The standard InChI is InChI=1S/C30H42O4/c1-21(31)29(22(2)32,27-14-7-5-8-15-27)19-25-12-11-13-26(18-25)20-30(23(3)33,24(4)34)28-16-9-6-10-17-28/h11-13,18,27-28H,5-10,14-17,19-20H2,1-4H3. The predicted molar refractivity (Wildman–Crippen MR) is 135 cm³/mol. The Kier molecular flexibility index (Phi) is 8.65. The summed E-state index contributed by atoms with van der Waals surface area (Å²) in [6.45, 7) is 6.28. The Bertz CT molecular complexity index is 816. The molecule has 2 aliphatic rings. The summed E-state index contributed by atoms with van der Waals surface area (Å²) in [6.07, 6.45) is 11.0. The van der Waals surface area contributed by atoms with Gasteiger partial charge < -0.3 is 0 Å². The van der Waals surface area contributed by atoms with Crippen molar-refractivity contribution in [1.82, 2.24) is 0 Å². The lowest BCUT2D eigenvalue weighted by molar-refractivity contribution is -0.144. The average Bonchev–Trinajstić information content (AvgIpc) is 2.81. The summed E-state index contributed by atoms with van der Waals surface area (Å²) in [4.78, 5) is 52.0. The first-order valence-electron chi connectivity index (χ1n) is 13.3. The molecule has 0 heterocycles. The lowest BCUT2D eigenvalue weighted by Gasteiger charge is -2.40. The van der Waals surface area contributed by atoms with Gasteiger partial charge in [-0.2, -0.15) is 0 Å². The fourth-order valence-corrected chi connectivity index (χ4v) is 7.12. The van der Waals surface area contributed by atoms with Crippen LogP contribution in [0, 0.1) is 22.7 Å². The van der Waals surface area contributed by atoms with E-state index in [9.17, 15) is 19.2 Å². The van der Waals surface area contributed by atoms with Crippen LogP contribution < -0.4 is 0 Å². The van der Waals surface area contributed by atoms with Crippen LogP contribution in [0.3, 0.4) is 0 Å². The van der Waals surface area contributed by atoms with Gasteiger partial charge in [-0.25, -0.2) is 0 Å². The first kappa shape index (κ1) is 26.5. The van der Waals surface area contributed by atoms with Crippen LogP contribution in [0.5, 0.6) is 0 Å². The van der Waals surface area contributed by atoms with Crippen molar-refractivity contribution in [2.75, 3.05) is 0 Å². The number of Topliss-reactive ketones (excluding diaryl/α,β-unsaturated/α-hetero) is 4. The molecule has 0 aliphatic heterocycles. The minimum absolute atomic E-state index is 0.0404. The van der Waals surface area contributed by atoms with E-state index in [2.05, 4.69) is 0 Å². The molecule has 2 aliphatic carbocycles. The van der Waals surface area contributed by atoms with Gasteiger partial charge in [0.25, 0.3) is 0 Å². The highest BCUT2D eigenvalue weighted by Crippen LogP contribution is 2.45. The van der Waals surface area contributed by atoms with E-state index in [1.807, 2.05) is 24.3 Å². The second kappa shape index (κ2) is 11.1. The van der Waals surface area contributed by atoms with Gasteiger partial charge in [-0.15, -0.1) is 0 Å². The van der Waals surface area contributed by atoms with Gasteiger partial charge in [0.1, 0.15) is 23.1 Å². The Labute approximate surface area is 205 Å². The van der Waals surface area contributed by atoms with Gasteiger partial charge in [0.15, 0.2) is 0 Å². The highest BCUT2D eigenvalue weighted by atomic mass is 16.2. The Hall–Kier alpha value is -2.10. The lowest BCUT2D eigenvalue weighted by atomic mass is 9.61. The third-order valence-corrected chi connectivity index (χ3v) is 9.07. The third kappa shape index (κ3) is 5.11. The van der Waals surface area contributed by atoms with Crippen LogP contribution >= 0.6 is 0 Å². The molecule has 34 heavy (non-hydrogen) atoms. The summed E-state index contributed by atoms with van der Waals surface area (Å²) in [5.74, 6) is -0.00309. The molecule has 0 unspecified atom stereocenters. The maximum atomic E-state index is 13.0. The molecular weight excluding hydrogens is 424 g/mol. The quantitative estimate of drug-likeness (QED) is 0.382. The van der Waals surface area contributed by atoms with Crippen molar-refractivity contribution in [1.29, 1.82) is 0 Å². The van der Waals surface area contributed by atoms with Crippen molar-refractivity contribution >= 4 is 23.1 Å². The van der Waals surface area contributed by atoms with E-state index < -0.39 is 10.8 Å². The van der Waals surface area contributed by atoms with Crippen LogP contribution in [0.4, 0.5) is 0 Å². The molecule has 4 nitrogen and oxygen atoms in total. The molecule has 0 radical (unpaired) electrons. The molecule has 0 saturated heterocycles. The van der Waals surface area contributed by atoms with Crippen LogP contribution in [0.1, 0.15) is 103 Å². The Morgan fingerprint density at radius 2 is 0.941 bits per heavy atom. The van der Waals surface area contributed by atoms with Gasteiger partial charge in [0, 0.05) is 0 Å². The second-order valence-electron chi connectivity index (χ2n) is 11.0. The normalized spacial score (nSPS) is 18.5. The lowest BCUT2D eigenvalue weighted by Crippen LogP contribution is -2.46. The molecule has 186 valence electrons. The van der Waals surface area contributed by atoms with Crippen LogP contribution in [-0.2, 0) is 32.0 Å². The van der Waals surface area contributed by atoms with Gasteiger partial charge >= 0.3 is 0 Å². The first-order chi connectivity index (χ1) is 16.1. The predicted octanol–water partition coefficient (Wildman–Crippen LogP) is 6.26. The van der Waals surface area contributed by atoms with E-state index in [1.54, 1.807) is 27.7 Å². The summed E-state index contributed by atoms with van der Waals surface area (Å²) >= 11 is 0. The van der Waals surface area contributed by atoms with Crippen molar-refractivity contribution in [3.8, 4) is 0 Å².